The average molecular weight is 503 g/mol. The number of piperazine rings is 1. The molecule has 0 spiro atoms. The van der Waals surface area contributed by atoms with Crippen LogP contribution in [0, 0.1) is 18.3 Å². The van der Waals surface area contributed by atoms with Gasteiger partial charge in [0.05, 0.1) is 5.69 Å². The van der Waals surface area contributed by atoms with Gasteiger partial charge in [0.2, 0.25) is 0 Å². The highest BCUT2D eigenvalue weighted by atomic mass is 35.5. The number of aromatic nitrogens is 1. The Hall–Kier alpha value is -3.80. The lowest BCUT2D eigenvalue weighted by atomic mass is 9.96. The summed E-state index contributed by atoms with van der Waals surface area (Å²) in [7, 11) is 0. The summed E-state index contributed by atoms with van der Waals surface area (Å²) in [5.41, 5.74) is 16.9. The molecule has 0 bridgehead atoms. The van der Waals surface area contributed by atoms with Gasteiger partial charge >= 0.3 is 0 Å². The lowest BCUT2D eigenvalue weighted by Crippen LogP contribution is -2.48. The Morgan fingerprint density at radius 3 is 2.49 bits per heavy atom. The van der Waals surface area contributed by atoms with E-state index < -0.39 is 0 Å². The highest BCUT2D eigenvalue weighted by molar-refractivity contribution is 7.21. The molecule has 1 amide bonds. The number of carbonyl (C=O) groups excluding carboxylic acids is 1. The van der Waals surface area contributed by atoms with Crippen LogP contribution in [-0.2, 0) is 0 Å². The molecule has 4 N–H and O–H groups in total. The minimum atomic E-state index is -0.136. The first-order valence-electron chi connectivity index (χ1n) is 11.2. The Balaban J connectivity index is 1.49. The number of rotatable bonds is 3. The number of nitrogens with zero attached hydrogens (tertiary/aromatic N) is 4. The van der Waals surface area contributed by atoms with E-state index >= 15 is 0 Å². The van der Waals surface area contributed by atoms with Gasteiger partial charge in [-0.05, 0) is 30.7 Å². The molecule has 0 unspecified atom stereocenters. The Morgan fingerprint density at radius 1 is 1.11 bits per heavy atom. The van der Waals surface area contributed by atoms with E-state index in [1.54, 1.807) is 0 Å². The topological polar surface area (TPSA) is 112 Å². The smallest absolute Gasteiger partial charge is 0.266 e. The molecule has 35 heavy (non-hydrogen) atoms. The number of nitriles is 1. The number of nitrogen functional groups attached to an aromatic ring is 2. The monoisotopic (exact) mass is 502 g/mol. The largest absolute Gasteiger partial charge is 0.397 e. The number of fused-ring (bicyclic) bond motifs is 1. The molecule has 4 aromatic rings. The van der Waals surface area contributed by atoms with Crippen molar-refractivity contribution in [1.82, 2.24) is 9.88 Å². The Morgan fingerprint density at radius 2 is 1.83 bits per heavy atom. The van der Waals surface area contributed by atoms with E-state index in [9.17, 15) is 10.1 Å². The summed E-state index contributed by atoms with van der Waals surface area (Å²) in [6.45, 7) is 4.49. The Bertz CT molecular complexity index is 1480. The zero-order valence-corrected chi connectivity index (χ0v) is 20.7. The zero-order chi connectivity index (χ0) is 24.7. The number of anilines is 3. The van der Waals surface area contributed by atoms with Crippen LogP contribution in [0.3, 0.4) is 0 Å². The first-order valence-corrected chi connectivity index (χ1v) is 12.3. The predicted octanol–water partition coefficient (Wildman–Crippen LogP) is 4.92. The molecule has 2 aromatic heterocycles. The standard InChI is InChI=1S/C26H23ClN6OS/c1-15-5-7-16(8-6-15)20-19(14-28)24(30)31-25-21(20)22(29)23(35-25)26(34)33-11-9-32(10-12-33)18-4-2-3-17(27)13-18/h2-8,13H,9-12,29H2,1H3,(H2,30,31). The molecule has 1 aliphatic rings. The van der Waals surface area contributed by atoms with E-state index in [1.807, 2.05) is 60.4 Å². The second kappa shape index (κ2) is 9.10. The number of amides is 1. The van der Waals surface area contributed by atoms with Crippen LogP contribution in [0.5, 0.6) is 0 Å². The fourth-order valence-electron chi connectivity index (χ4n) is 4.44. The van der Waals surface area contributed by atoms with Gasteiger partial charge in [-0.25, -0.2) is 4.98 Å². The lowest BCUT2D eigenvalue weighted by Gasteiger charge is -2.36. The highest BCUT2D eigenvalue weighted by Crippen LogP contribution is 2.43. The number of nitrogens with two attached hydrogens (primary N) is 2. The normalized spacial score (nSPS) is 13.7. The molecular weight excluding hydrogens is 480 g/mol. The van der Waals surface area contributed by atoms with Gasteiger partial charge in [0.25, 0.3) is 5.91 Å². The molecule has 3 heterocycles. The van der Waals surface area contributed by atoms with Crippen LogP contribution in [0.1, 0.15) is 20.8 Å². The van der Waals surface area contributed by atoms with E-state index in [0.29, 0.717) is 57.5 Å². The molecule has 2 aromatic carbocycles. The molecule has 5 rings (SSSR count). The van der Waals surface area contributed by atoms with Crippen LogP contribution in [0.15, 0.2) is 48.5 Å². The highest BCUT2D eigenvalue weighted by Gasteiger charge is 2.29. The second-order valence-electron chi connectivity index (χ2n) is 8.51. The first kappa shape index (κ1) is 23.0. The van der Waals surface area contributed by atoms with Crippen molar-refractivity contribution in [2.75, 3.05) is 42.5 Å². The number of halogens is 1. The van der Waals surface area contributed by atoms with Crippen LogP contribution in [0.25, 0.3) is 21.3 Å². The van der Waals surface area contributed by atoms with Crippen molar-refractivity contribution in [3.63, 3.8) is 0 Å². The maximum Gasteiger partial charge on any atom is 0.266 e. The molecule has 1 fully saturated rings. The van der Waals surface area contributed by atoms with Crippen LogP contribution in [0.2, 0.25) is 5.02 Å². The zero-order valence-electron chi connectivity index (χ0n) is 19.1. The maximum atomic E-state index is 13.5. The van der Waals surface area contributed by atoms with Gasteiger partial charge in [-0.15, -0.1) is 11.3 Å². The molecule has 0 radical (unpaired) electrons. The van der Waals surface area contributed by atoms with Crippen molar-refractivity contribution in [2.24, 2.45) is 0 Å². The van der Waals surface area contributed by atoms with Crippen molar-refractivity contribution < 1.29 is 4.79 Å². The molecule has 176 valence electrons. The number of hydrogen-bond acceptors (Lipinski definition) is 7. The number of carbonyl (C=O) groups is 1. The van der Waals surface area contributed by atoms with E-state index in [1.165, 1.54) is 11.3 Å². The lowest BCUT2D eigenvalue weighted by molar-refractivity contribution is 0.0752. The first-order chi connectivity index (χ1) is 16.9. The SMILES string of the molecule is Cc1ccc(-c2c(C#N)c(N)nc3sc(C(=O)N4CCN(c5cccc(Cl)c5)CC4)c(N)c23)cc1. The molecule has 0 saturated carbocycles. The number of benzene rings is 2. The summed E-state index contributed by atoms with van der Waals surface area (Å²) in [5.74, 6) is -0.00543. The Labute approximate surface area is 212 Å². The van der Waals surface area contributed by atoms with Crippen LogP contribution >= 0.6 is 22.9 Å². The summed E-state index contributed by atoms with van der Waals surface area (Å²) in [6.07, 6.45) is 0. The summed E-state index contributed by atoms with van der Waals surface area (Å²) < 4.78 is 0. The molecule has 0 atom stereocenters. The molecular formula is C26H23ClN6OS. The quantitative estimate of drug-likeness (QED) is 0.411. The fourth-order valence-corrected chi connectivity index (χ4v) is 5.70. The van der Waals surface area contributed by atoms with Crippen molar-refractivity contribution in [3.8, 4) is 17.2 Å². The van der Waals surface area contributed by atoms with Crippen molar-refractivity contribution >= 4 is 56.3 Å². The van der Waals surface area contributed by atoms with Crippen LogP contribution in [0.4, 0.5) is 17.2 Å². The molecule has 0 aliphatic carbocycles. The van der Waals surface area contributed by atoms with E-state index in [-0.39, 0.29) is 17.3 Å². The van der Waals surface area contributed by atoms with Gasteiger partial charge in [-0.3, -0.25) is 4.79 Å². The van der Waals surface area contributed by atoms with Gasteiger partial charge in [0.15, 0.2) is 0 Å². The van der Waals surface area contributed by atoms with E-state index in [4.69, 9.17) is 23.1 Å². The third-order valence-electron chi connectivity index (χ3n) is 6.29. The van der Waals surface area contributed by atoms with Gasteiger partial charge < -0.3 is 21.3 Å². The van der Waals surface area contributed by atoms with Gasteiger partial charge in [0, 0.05) is 47.8 Å². The van der Waals surface area contributed by atoms with Crippen LogP contribution in [-0.4, -0.2) is 42.0 Å². The van der Waals surface area contributed by atoms with Gasteiger partial charge in [-0.2, -0.15) is 5.26 Å². The predicted molar refractivity (Wildman–Crippen MR) is 143 cm³/mol. The molecule has 1 aliphatic heterocycles. The van der Waals surface area contributed by atoms with E-state index in [2.05, 4.69) is 16.0 Å². The van der Waals surface area contributed by atoms with Crippen molar-refractivity contribution in [1.29, 1.82) is 5.26 Å². The van der Waals surface area contributed by atoms with Crippen molar-refractivity contribution in [2.45, 2.75) is 6.92 Å². The maximum absolute atomic E-state index is 13.5. The minimum absolute atomic E-state index is 0.131. The molecule has 7 nitrogen and oxygen atoms in total. The summed E-state index contributed by atoms with van der Waals surface area (Å²) in [4.78, 5) is 22.9. The molecule has 1 saturated heterocycles. The van der Waals surface area contributed by atoms with Gasteiger partial charge in [-0.1, -0.05) is 47.5 Å². The number of pyridine rings is 1. The third-order valence-corrected chi connectivity index (χ3v) is 7.61. The molecule has 9 heteroatoms. The third kappa shape index (κ3) is 4.14. The van der Waals surface area contributed by atoms with Crippen LogP contribution < -0.4 is 16.4 Å². The van der Waals surface area contributed by atoms with E-state index in [0.717, 1.165) is 16.8 Å². The second-order valence-corrected chi connectivity index (χ2v) is 9.94. The Kier molecular flexibility index (Phi) is 5.97. The minimum Gasteiger partial charge on any atom is -0.397 e. The fraction of sp³-hybridized carbons (Fsp3) is 0.192. The summed E-state index contributed by atoms with van der Waals surface area (Å²) in [6, 6.07) is 17.7. The van der Waals surface area contributed by atoms with Gasteiger partial charge in [0.1, 0.15) is 27.2 Å². The number of hydrogen-bond donors (Lipinski definition) is 2. The average Bonchev–Trinajstić information content (AvgIpc) is 3.19. The summed E-state index contributed by atoms with van der Waals surface area (Å²) in [5, 5.41) is 11.1. The number of aryl methyl sites for hydroxylation is 1. The summed E-state index contributed by atoms with van der Waals surface area (Å²) >= 11 is 7.36. The number of thiophene rings is 1. The van der Waals surface area contributed by atoms with Crippen molar-refractivity contribution in [3.05, 3.63) is 69.6 Å².